The lowest BCUT2D eigenvalue weighted by atomic mass is 9.88. The fraction of sp³-hybridized carbons (Fsp3) is 0.667. The molecule has 66 valence electrons. The van der Waals surface area contributed by atoms with E-state index in [-0.39, 0.29) is 0 Å². The minimum Gasteiger partial charge on any atom is -0.431 e. The molecule has 1 heterocycles. The maximum Gasteiger partial charge on any atom is 0.287 e. The molecule has 0 bridgehead atoms. The van der Waals surface area contributed by atoms with Gasteiger partial charge in [0.2, 0.25) is 0 Å². The van der Waals surface area contributed by atoms with E-state index >= 15 is 0 Å². The summed E-state index contributed by atoms with van der Waals surface area (Å²) < 4.78 is 5.35. The molecule has 12 heavy (non-hydrogen) atoms. The lowest BCUT2D eigenvalue weighted by Gasteiger charge is -2.30. The van der Waals surface area contributed by atoms with E-state index in [4.69, 9.17) is 10.5 Å². The number of aliphatic imine (C=N–C) groups is 1. The highest BCUT2D eigenvalue weighted by molar-refractivity contribution is 5.73. The molecule has 2 atom stereocenters. The second-order valence-electron chi connectivity index (χ2n) is 3.45. The summed E-state index contributed by atoms with van der Waals surface area (Å²) in [6, 6.07) is 0.622. The molecule has 2 aliphatic rings. The molecule has 0 aromatic rings. The molecule has 1 aliphatic carbocycles. The Kier molecular flexibility index (Phi) is 1.79. The third-order valence-corrected chi connectivity index (χ3v) is 2.57. The van der Waals surface area contributed by atoms with Crippen molar-refractivity contribution in [1.29, 1.82) is 0 Å². The normalized spacial score (nSPS) is 34.4. The van der Waals surface area contributed by atoms with Crippen LogP contribution < -0.4 is 5.73 Å². The van der Waals surface area contributed by atoms with E-state index in [1.165, 1.54) is 12.8 Å². The molecule has 3 heteroatoms. The van der Waals surface area contributed by atoms with Crippen molar-refractivity contribution >= 4 is 6.02 Å². The van der Waals surface area contributed by atoms with Crippen molar-refractivity contribution in [2.45, 2.75) is 32.2 Å². The van der Waals surface area contributed by atoms with Crippen molar-refractivity contribution in [3.05, 3.63) is 11.8 Å². The molecule has 2 rings (SSSR count). The monoisotopic (exact) mass is 166 g/mol. The van der Waals surface area contributed by atoms with Crippen LogP contribution in [0.25, 0.3) is 0 Å². The molecule has 0 saturated carbocycles. The van der Waals surface area contributed by atoms with Crippen LogP contribution in [0.15, 0.2) is 16.8 Å². The van der Waals surface area contributed by atoms with Crippen molar-refractivity contribution in [2.75, 3.05) is 0 Å². The molecule has 0 saturated heterocycles. The molecular formula is C9H14N2O. The first-order valence-electron chi connectivity index (χ1n) is 4.48. The van der Waals surface area contributed by atoms with Gasteiger partial charge in [-0.3, -0.25) is 0 Å². The second-order valence-corrected chi connectivity index (χ2v) is 3.45. The van der Waals surface area contributed by atoms with Gasteiger partial charge in [0.15, 0.2) is 0 Å². The quantitative estimate of drug-likeness (QED) is 0.591. The number of ether oxygens (including phenoxy) is 1. The Morgan fingerprint density at radius 1 is 1.67 bits per heavy atom. The Morgan fingerprint density at radius 2 is 2.50 bits per heavy atom. The number of nitrogens with two attached hydrogens (primary N) is 1. The number of fused-ring (bicyclic) bond motifs is 1. The van der Waals surface area contributed by atoms with Gasteiger partial charge in [0.05, 0.1) is 6.04 Å². The van der Waals surface area contributed by atoms with Crippen molar-refractivity contribution in [1.82, 2.24) is 0 Å². The first-order valence-corrected chi connectivity index (χ1v) is 4.48. The molecule has 2 N–H and O–H groups in total. The predicted octanol–water partition coefficient (Wildman–Crippen LogP) is 1.40. The molecule has 2 unspecified atom stereocenters. The van der Waals surface area contributed by atoms with Crippen LogP contribution in [-0.4, -0.2) is 12.1 Å². The average Bonchev–Trinajstić information content (AvgIpc) is 2.04. The third-order valence-electron chi connectivity index (χ3n) is 2.57. The molecule has 1 aliphatic heterocycles. The Labute approximate surface area is 72.3 Å². The van der Waals surface area contributed by atoms with Gasteiger partial charge in [0.25, 0.3) is 6.02 Å². The number of allylic oxidation sites excluding steroid dienone is 1. The largest absolute Gasteiger partial charge is 0.431 e. The lowest BCUT2D eigenvalue weighted by Crippen LogP contribution is -2.33. The van der Waals surface area contributed by atoms with Crippen LogP contribution in [-0.2, 0) is 4.74 Å². The van der Waals surface area contributed by atoms with Gasteiger partial charge in [0.1, 0.15) is 5.76 Å². The van der Waals surface area contributed by atoms with Crippen LogP contribution in [0.4, 0.5) is 0 Å². The minimum absolute atomic E-state index is 0.297. The van der Waals surface area contributed by atoms with Gasteiger partial charge in [-0.25, -0.2) is 4.99 Å². The number of hydrogen-bond donors (Lipinski definition) is 1. The number of nitrogens with zero attached hydrogens (tertiary/aromatic N) is 1. The van der Waals surface area contributed by atoms with Gasteiger partial charge < -0.3 is 10.5 Å². The summed E-state index contributed by atoms with van der Waals surface area (Å²) in [6.45, 7) is 2.10. The Morgan fingerprint density at radius 3 is 3.33 bits per heavy atom. The Bertz CT molecular complexity index is 245. The highest BCUT2D eigenvalue weighted by Gasteiger charge is 2.29. The van der Waals surface area contributed by atoms with Crippen LogP contribution in [0.1, 0.15) is 26.2 Å². The average molecular weight is 166 g/mol. The van der Waals surface area contributed by atoms with E-state index in [1.54, 1.807) is 0 Å². The van der Waals surface area contributed by atoms with Crippen molar-refractivity contribution < 1.29 is 4.74 Å². The van der Waals surface area contributed by atoms with Gasteiger partial charge in [-0.2, -0.15) is 0 Å². The van der Waals surface area contributed by atoms with Crippen LogP contribution in [0.5, 0.6) is 0 Å². The van der Waals surface area contributed by atoms with Crippen molar-refractivity contribution in [2.24, 2.45) is 16.6 Å². The summed E-state index contributed by atoms with van der Waals surface area (Å²) in [5.41, 5.74) is 5.52. The maximum absolute atomic E-state index is 5.52. The molecule has 3 nitrogen and oxygen atoms in total. The Hall–Kier alpha value is -0.990. The zero-order valence-corrected chi connectivity index (χ0v) is 7.29. The first kappa shape index (κ1) is 7.65. The van der Waals surface area contributed by atoms with Crippen LogP contribution in [0, 0.1) is 5.92 Å². The van der Waals surface area contributed by atoms with Crippen molar-refractivity contribution in [3.8, 4) is 0 Å². The van der Waals surface area contributed by atoms with E-state index in [0.29, 0.717) is 18.0 Å². The lowest BCUT2D eigenvalue weighted by molar-refractivity contribution is 0.252. The number of amidine groups is 1. The Balaban J connectivity index is 2.25. The van der Waals surface area contributed by atoms with E-state index in [0.717, 1.165) is 12.2 Å². The summed E-state index contributed by atoms with van der Waals surface area (Å²) in [5, 5.41) is 0. The van der Waals surface area contributed by atoms with Gasteiger partial charge in [0, 0.05) is 5.92 Å². The zero-order chi connectivity index (χ0) is 8.55. The topological polar surface area (TPSA) is 47.6 Å². The summed E-state index contributed by atoms with van der Waals surface area (Å²) in [4.78, 5) is 4.20. The molecule has 0 fully saturated rings. The fourth-order valence-corrected chi connectivity index (χ4v) is 1.91. The first-order chi connectivity index (χ1) is 5.77. The smallest absolute Gasteiger partial charge is 0.287 e. The third kappa shape index (κ3) is 1.19. The van der Waals surface area contributed by atoms with Gasteiger partial charge >= 0.3 is 0 Å². The number of hydrogen-bond acceptors (Lipinski definition) is 3. The summed E-state index contributed by atoms with van der Waals surface area (Å²) >= 11 is 0. The van der Waals surface area contributed by atoms with Crippen LogP contribution in [0.3, 0.4) is 0 Å². The minimum atomic E-state index is 0.297. The summed E-state index contributed by atoms with van der Waals surface area (Å²) in [5.74, 6) is 1.52. The molecule has 0 aromatic heterocycles. The zero-order valence-electron chi connectivity index (χ0n) is 7.29. The number of rotatable bonds is 0. The summed E-state index contributed by atoms with van der Waals surface area (Å²) in [6.07, 6.45) is 5.69. The molecule has 0 radical (unpaired) electrons. The highest BCUT2D eigenvalue weighted by Crippen LogP contribution is 2.32. The maximum atomic E-state index is 5.52. The standard InChI is InChI=1S/C9H14N2O/c1-6-7-4-2-3-5-8(7)12-9(10)11-6/h5-7H,2-4H2,1H3,(H2,10,11). The van der Waals surface area contributed by atoms with Crippen LogP contribution in [0.2, 0.25) is 0 Å². The summed E-state index contributed by atoms with van der Waals surface area (Å²) in [7, 11) is 0. The molecule has 0 amide bonds. The second kappa shape index (κ2) is 2.81. The van der Waals surface area contributed by atoms with Gasteiger partial charge in [-0.1, -0.05) is 0 Å². The highest BCUT2D eigenvalue weighted by atomic mass is 16.5. The van der Waals surface area contributed by atoms with E-state index in [2.05, 4.69) is 18.0 Å². The van der Waals surface area contributed by atoms with Gasteiger partial charge in [-0.05, 0) is 32.3 Å². The predicted molar refractivity (Wildman–Crippen MR) is 47.6 cm³/mol. The SMILES string of the molecule is CC1N=C(N)OC2=CCCCC21. The van der Waals surface area contributed by atoms with E-state index in [1.807, 2.05) is 0 Å². The van der Waals surface area contributed by atoms with E-state index in [9.17, 15) is 0 Å². The van der Waals surface area contributed by atoms with Gasteiger partial charge in [-0.15, -0.1) is 0 Å². The molecular weight excluding hydrogens is 152 g/mol. The van der Waals surface area contributed by atoms with E-state index < -0.39 is 0 Å². The molecule has 0 spiro atoms. The fourth-order valence-electron chi connectivity index (χ4n) is 1.91. The molecule has 0 aromatic carbocycles. The van der Waals surface area contributed by atoms with Crippen molar-refractivity contribution in [3.63, 3.8) is 0 Å². The van der Waals surface area contributed by atoms with Crippen LogP contribution >= 0.6 is 0 Å².